The predicted molar refractivity (Wildman–Crippen MR) is 60.1 cm³/mol. The summed E-state index contributed by atoms with van der Waals surface area (Å²) in [7, 11) is 0. The highest BCUT2D eigenvalue weighted by atomic mass is 127. The lowest BCUT2D eigenvalue weighted by Gasteiger charge is -1.99. The van der Waals surface area contributed by atoms with E-state index in [4.69, 9.17) is 0 Å². The molecule has 0 aliphatic carbocycles. The van der Waals surface area contributed by atoms with E-state index >= 15 is 0 Å². The minimum absolute atomic E-state index is 0.238. The summed E-state index contributed by atoms with van der Waals surface area (Å²) in [6.45, 7) is 0. The Morgan fingerprint density at radius 2 is 1.79 bits per heavy atom. The van der Waals surface area contributed by atoms with Crippen LogP contribution in [0.15, 0.2) is 36.7 Å². The lowest BCUT2D eigenvalue weighted by Crippen LogP contribution is -1.87. The molecule has 2 nitrogen and oxygen atoms in total. The van der Waals surface area contributed by atoms with E-state index in [0.29, 0.717) is 0 Å². The maximum absolute atomic E-state index is 12.6. The Kier molecular flexibility index (Phi) is 2.72. The van der Waals surface area contributed by atoms with Crippen LogP contribution in [0.5, 0.6) is 0 Å². The topological polar surface area (TPSA) is 25.8 Å². The third kappa shape index (κ3) is 2.06. The molecule has 14 heavy (non-hydrogen) atoms. The molecular formula is C10H6FIN2. The van der Waals surface area contributed by atoms with Crippen LogP contribution in [0.2, 0.25) is 0 Å². The van der Waals surface area contributed by atoms with E-state index in [0.717, 1.165) is 15.0 Å². The highest BCUT2D eigenvalue weighted by molar-refractivity contribution is 14.1. The van der Waals surface area contributed by atoms with Crippen molar-refractivity contribution in [3.05, 3.63) is 46.2 Å². The fourth-order valence-electron chi connectivity index (χ4n) is 1.11. The van der Waals surface area contributed by atoms with E-state index in [9.17, 15) is 4.39 Å². The van der Waals surface area contributed by atoms with Crippen molar-refractivity contribution in [1.29, 1.82) is 0 Å². The summed E-state index contributed by atoms with van der Waals surface area (Å²) in [6, 6.07) is 8.10. The standard InChI is InChI=1S/C10H6FIN2/c11-8-3-1-7(2-4-8)9-5-10(12)14-6-13-9/h1-6H. The zero-order valence-corrected chi connectivity index (χ0v) is 9.27. The van der Waals surface area contributed by atoms with Gasteiger partial charge in [0.2, 0.25) is 0 Å². The van der Waals surface area contributed by atoms with Gasteiger partial charge in [0.15, 0.2) is 0 Å². The molecule has 1 aromatic heterocycles. The van der Waals surface area contributed by atoms with Gasteiger partial charge in [-0.25, -0.2) is 14.4 Å². The summed E-state index contributed by atoms with van der Waals surface area (Å²) in [5.41, 5.74) is 1.70. The van der Waals surface area contributed by atoms with Crippen LogP contribution in [-0.4, -0.2) is 9.97 Å². The Bertz CT molecular complexity index is 442. The summed E-state index contributed by atoms with van der Waals surface area (Å²) in [5, 5.41) is 0. The molecular weight excluding hydrogens is 294 g/mol. The van der Waals surface area contributed by atoms with Gasteiger partial charge in [-0.3, -0.25) is 0 Å². The molecule has 2 aromatic rings. The Balaban J connectivity index is 2.44. The highest BCUT2D eigenvalue weighted by Gasteiger charge is 1.99. The van der Waals surface area contributed by atoms with Crippen molar-refractivity contribution in [2.75, 3.05) is 0 Å². The molecule has 0 saturated heterocycles. The highest BCUT2D eigenvalue weighted by Crippen LogP contribution is 2.17. The van der Waals surface area contributed by atoms with E-state index in [1.807, 2.05) is 6.07 Å². The maximum Gasteiger partial charge on any atom is 0.123 e. The maximum atomic E-state index is 12.6. The minimum atomic E-state index is -0.238. The molecule has 0 aliphatic rings. The van der Waals surface area contributed by atoms with Crippen molar-refractivity contribution in [2.24, 2.45) is 0 Å². The smallest absolute Gasteiger partial charge is 0.123 e. The molecule has 0 bridgehead atoms. The Morgan fingerprint density at radius 3 is 2.43 bits per heavy atom. The molecule has 2 rings (SSSR count). The fraction of sp³-hybridized carbons (Fsp3) is 0. The molecule has 0 amide bonds. The van der Waals surface area contributed by atoms with Crippen molar-refractivity contribution in [2.45, 2.75) is 0 Å². The Hall–Kier alpha value is -1.04. The monoisotopic (exact) mass is 300 g/mol. The van der Waals surface area contributed by atoms with Crippen molar-refractivity contribution in [3.63, 3.8) is 0 Å². The van der Waals surface area contributed by atoms with Gasteiger partial charge in [-0.1, -0.05) is 0 Å². The van der Waals surface area contributed by atoms with Crippen LogP contribution in [0.3, 0.4) is 0 Å². The molecule has 0 atom stereocenters. The SMILES string of the molecule is Fc1ccc(-c2cc(I)ncn2)cc1. The first-order valence-electron chi connectivity index (χ1n) is 3.99. The van der Waals surface area contributed by atoms with Crippen LogP contribution in [0.4, 0.5) is 4.39 Å². The first-order chi connectivity index (χ1) is 6.75. The zero-order valence-electron chi connectivity index (χ0n) is 7.11. The normalized spacial score (nSPS) is 10.1. The number of rotatable bonds is 1. The molecule has 0 saturated carbocycles. The molecule has 0 spiro atoms. The second kappa shape index (κ2) is 4.00. The number of nitrogens with zero attached hydrogens (tertiary/aromatic N) is 2. The Morgan fingerprint density at radius 1 is 1.07 bits per heavy atom. The summed E-state index contributed by atoms with van der Waals surface area (Å²) in [4.78, 5) is 8.09. The predicted octanol–water partition coefficient (Wildman–Crippen LogP) is 2.89. The summed E-state index contributed by atoms with van der Waals surface area (Å²) >= 11 is 2.11. The van der Waals surface area contributed by atoms with Gasteiger partial charge < -0.3 is 0 Å². The number of benzene rings is 1. The number of hydrogen-bond donors (Lipinski definition) is 0. The Labute approximate surface area is 94.4 Å². The van der Waals surface area contributed by atoms with Crippen LogP contribution < -0.4 is 0 Å². The van der Waals surface area contributed by atoms with Gasteiger partial charge in [0.05, 0.1) is 5.69 Å². The van der Waals surface area contributed by atoms with Gasteiger partial charge in [0.25, 0.3) is 0 Å². The van der Waals surface area contributed by atoms with Crippen molar-refractivity contribution < 1.29 is 4.39 Å². The molecule has 70 valence electrons. The number of hydrogen-bond acceptors (Lipinski definition) is 2. The average molecular weight is 300 g/mol. The first kappa shape index (κ1) is 9.51. The van der Waals surface area contributed by atoms with Gasteiger partial charge in [-0.15, -0.1) is 0 Å². The van der Waals surface area contributed by atoms with Gasteiger partial charge in [0.1, 0.15) is 15.8 Å². The van der Waals surface area contributed by atoms with Crippen LogP contribution in [0, 0.1) is 9.52 Å². The third-order valence-electron chi connectivity index (χ3n) is 1.77. The summed E-state index contributed by atoms with van der Waals surface area (Å²) < 4.78 is 13.5. The van der Waals surface area contributed by atoms with Crippen LogP contribution in [0.1, 0.15) is 0 Å². The van der Waals surface area contributed by atoms with E-state index in [-0.39, 0.29) is 5.82 Å². The lowest BCUT2D eigenvalue weighted by molar-refractivity contribution is 0.628. The van der Waals surface area contributed by atoms with Gasteiger partial charge in [-0.2, -0.15) is 0 Å². The first-order valence-corrected chi connectivity index (χ1v) is 5.07. The third-order valence-corrected chi connectivity index (χ3v) is 2.36. The lowest BCUT2D eigenvalue weighted by atomic mass is 10.1. The van der Waals surface area contributed by atoms with Crippen molar-refractivity contribution in [1.82, 2.24) is 9.97 Å². The molecule has 0 fully saturated rings. The van der Waals surface area contributed by atoms with E-state index in [1.165, 1.54) is 18.5 Å². The van der Waals surface area contributed by atoms with Crippen LogP contribution in [0.25, 0.3) is 11.3 Å². The summed E-state index contributed by atoms with van der Waals surface area (Å²) in [6.07, 6.45) is 1.50. The molecule has 1 aromatic carbocycles. The molecule has 0 aliphatic heterocycles. The van der Waals surface area contributed by atoms with E-state index in [2.05, 4.69) is 32.6 Å². The molecule has 4 heteroatoms. The summed E-state index contributed by atoms with van der Waals surface area (Å²) in [5.74, 6) is -0.238. The molecule has 0 N–H and O–H groups in total. The minimum Gasteiger partial charge on any atom is -0.236 e. The molecule has 0 unspecified atom stereocenters. The van der Waals surface area contributed by atoms with Gasteiger partial charge >= 0.3 is 0 Å². The van der Waals surface area contributed by atoms with Crippen molar-refractivity contribution >= 4 is 22.6 Å². The molecule has 1 heterocycles. The second-order valence-corrected chi connectivity index (χ2v) is 3.84. The quantitative estimate of drug-likeness (QED) is 0.598. The fourth-order valence-corrected chi connectivity index (χ4v) is 1.53. The largest absolute Gasteiger partial charge is 0.236 e. The van der Waals surface area contributed by atoms with Crippen molar-refractivity contribution in [3.8, 4) is 11.3 Å². The number of halogens is 2. The zero-order chi connectivity index (χ0) is 9.97. The van der Waals surface area contributed by atoms with Gasteiger partial charge in [-0.05, 0) is 52.9 Å². The number of aromatic nitrogens is 2. The van der Waals surface area contributed by atoms with E-state index in [1.54, 1.807) is 12.1 Å². The van der Waals surface area contributed by atoms with Crippen LogP contribution in [-0.2, 0) is 0 Å². The van der Waals surface area contributed by atoms with E-state index < -0.39 is 0 Å². The second-order valence-electron chi connectivity index (χ2n) is 2.73. The molecule has 0 radical (unpaired) electrons. The van der Waals surface area contributed by atoms with Gasteiger partial charge in [0, 0.05) is 5.56 Å². The van der Waals surface area contributed by atoms with Crippen LogP contribution >= 0.6 is 22.6 Å². The average Bonchev–Trinajstić information content (AvgIpc) is 2.19.